The number of aromatic nitrogens is 2. The predicted octanol–water partition coefficient (Wildman–Crippen LogP) is 3.53. The van der Waals surface area contributed by atoms with Gasteiger partial charge in [0.15, 0.2) is 0 Å². The van der Waals surface area contributed by atoms with E-state index in [1.54, 1.807) is 0 Å². The molecule has 2 aromatic rings. The van der Waals surface area contributed by atoms with Crippen molar-refractivity contribution in [2.24, 2.45) is 0 Å². The molecule has 3 rings (SSSR count). The first kappa shape index (κ1) is 13.9. The lowest BCUT2D eigenvalue weighted by molar-refractivity contribution is 0.221. The SMILES string of the molecule is C[C@H]1CN(Cc2ccccc2)Cc2nnc(CI)cc21. The Morgan fingerprint density at radius 2 is 2.05 bits per heavy atom. The summed E-state index contributed by atoms with van der Waals surface area (Å²) >= 11 is 2.34. The molecule has 104 valence electrons. The third kappa shape index (κ3) is 3.01. The van der Waals surface area contributed by atoms with Crippen LogP contribution in [0.25, 0.3) is 0 Å². The van der Waals surface area contributed by atoms with Gasteiger partial charge in [-0.1, -0.05) is 59.8 Å². The molecular formula is C16H18IN3. The van der Waals surface area contributed by atoms with Crippen LogP contribution in [0.15, 0.2) is 36.4 Å². The molecule has 1 aromatic carbocycles. The Labute approximate surface area is 133 Å². The van der Waals surface area contributed by atoms with Gasteiger partial charge in [-0.2, -0.15) is 10.2 Å². The van der Waals surface area contributed by atoms with Crippen LogP contribution in [0.1, 0.15) is 35.4 Å². The van der Waals surface area contributed by atoms with E-state index in [2.05, 4.69) is 81.0 Å². The maximum atomic E-state index is 4.44. The molecule has 1 aromatic heterocycles. The van der Waals surface area contributed by atoms with E-state index in [0.29, 0.717) is 5.92 Å². The molecule has 1 atom stereocenters. The van der Waals surface area contributed by atoms with Gasteiger partial charge < -0.3 is 0 Å². The molecule has 4 heteroatoms. The van der Waals surface area contributed by atoms with Crippen molar-refractivity contribution >= 4 is 22.6 Å². The predicted molar refractivity (Wildman–Crippen MR) is 88.7 cm³/mol. The minimum Gasteiger partial charge on any atom is -0.293 e. The van der Waals surface area contributed by atoms with Crippen molar-refractivity contribution in [3.63, 3.8) is 0 Å². The first-order valence-electron chi connectivity index (χ1n) is 6.94. The molecule has 0 saturated carbocycles. The van der Waals surface area contributed by atoms with Crippen molar-refractivity contribution in [3.05, 3.63) is 58.9 Å². The third-order valence-corrected chi connectivity index (χ3v) is 4.56. The summed E-state index contributed by atoms with van der Waals surface area (Å²) in [5.74, 6) is 0.527. The summed E-state index contributed by atoms with van der Waals surface area (Å²) in [6.45, 7) is 5.27. The average molecular weight is 379 g/mol. The van der Waals surface area contributed by atoms with E-state index in [1.807, 2.05) is 0 Å². The first-order valence-corrected chi connectivity index (χ1v) is 8.46. The Balaban J connectivity index is 1.79. The van der Waals surface area contributed by atoms with Crippen LogP contribution in [0.5, 0.6) is 0 Å². The van der Waals surface area contributed by atoms with Crippen molar-refractivity contribution in [3.8, 4) is 0 Å². The summed E-state index contributed by atoms with van der Waals surface area (Å²) in [7, 11) is 0. The van der Waals surface area contributed by atoms with E-state index >= 15 is 0 Å². The van der Waals surface area contributed by atoms with Crippen LogP contribution in [-0.4, -0.2) is 21.6 Å². The standard InChI is InChI=1S/C16H18IN3/c1-12-9-20(10-13-5-3-2-4-6-13)11-16-15(12)7-14(8-17)18-19-16/h2-7,12H,8-11H2,1H3/t12-/m0/s1. The molecule has 3 nitrogen and oxygen atoms in total. The lowest BCUT2D eigenvalue weighted by Crippen LogP contribution is -2.33. The van der Waals surface area contributed by atoms with Gasteiger partial charge >= 0.3 is 0 Å². The fourth-order valence-electron chi connectivity index (χ4n) is 2.81. The topological polar surface area (TPSA) is 29.0 Å². The maximum Gasteiger partial charge on any atom is 0.0806 e. The van der Waals surface area contributed by atoms with E-state index in [9.17, 15) is 0 Å². The van der Waals surface area contributed by atoms with E-state index in [1.165, 1.54) is 11.1 Å². The number of halogens is 1. The summed E-state index contributed by atoms with van der Waals surface area (Å²) in [4.78, 5) is 2.46. The highest BCUT2D eigenvalue weighted by molar-refractivity contribution is 14.1. The van der Waals surface area contributed by atoms with Crippen LogP contribution in [-0.2, 0) is 17.5 Å². The van der Waals surface area contributed by atoms with Crippen LogP contribution >= 0.6 is 22.6 Å². The number of alkyl halides is 1. The quantitative estimate of drug-likeness (QED) is 0.604. The molecule has 0 spiro atoms. The summed E-state index contributed by atoms with van der Waals surface area (Å²) in [6.07, 6.45) is 0. The molecule has 0 amide bonds. The van der Waals surface area contributed by atoms with Gasteiger partial charge in [0.05, 0.1) is 11.4 Å². The van der Waals surface area contributed by atoms with Crippen LogP contribution in [0, 0.1) is 0 Å². The van der Waals surface area contributed by atoms with Gasteiger partial charge in [0.25, 0.3) is 0 Å². The smallest absolute Gasteiger partial charge is 0.0806 e. The summed E-state index contributed by atoms with van der Waals surface area (Å²) in [5, 5.41) is 8.74. The zero-order valence-electron chi connectivity index (χ0n) is 11.6. The number of rotatable bonds is 3. The van der Waals surface area contributed by atoms with Crippen LogP contribution in [0.4, 0.5) is 0 Å². The highest BCUT2D eigenvalue weighted by Gasteiger charge is 2.24. The molecule has 20 heavy (non-hydrogen) atoms. The fraction of sp³-hybridized carbons (Fsp3) is 0.375. The number of fused-ring (bicyclic) bond motifs is 1. The highest BCUT2D eigenvalue weighted by Crippen LogP contribution is 2.28. The van der Waals surface area contributed by atoms with E-state index in [4.69, 9.17) is 0 Å². The normalized spacial score (nSPS) is 18.8. The minimum atomic E-state index is 0.527. The van der Waals surface area contributed by atoms with E-state index < -0.39 is 0 Å². The first-order chi connectivity index (χ1) is 9.76. The molecule has 0 saturated heterocycles. The van der Waals surface area contributed by atoms with Gasteiger partial charge in [-0.15, -0.1) is 0 Å². The van der Waals surface area contributed by atoms with Gasteiger partial charge in [-0.25, -0.2) is 0 Å². The molecule has 0 unspecified atom stereocenters. The Bertz CT molecular complexity index is 586. The molecule has 0 fully saturated rings. The Hall–Kier alpha value is -1.01. The largest absolute Gasteiger partial charge is 0.293 e. The lowest BCUT2D eigenvalue weighted by atomic mass is 9.94. The van der Waals surface area contributed by atoms with Gasteiger partial charge in [0.2, 0.25) is 0 Å². The van der Waals surface area contributed by atoms with Crippen molar-refractivity contribution in [1.29, 1.82) is 0 Å². The molecule has 1 aliphatic rings. The average Bonchev–Trinajstić information content (AvgIpc) is 2.48. The van der Waals surface area contributed by atoms with Crippen LogP contribution < -0.4 is 0 Å². The van der Waals surface area contributed by atoms with Gasteiger partial charge in [0, 0.05) is 24.1 Å². The fourth-order valence-corrected chi connectivity index (χ4v) is 3.19. The molecule has 0 bridgehead atoms. The Kier molecular flexibility index (Phi) is 4.31. The summed E-state index contributed by atoms with van der Waals surface area (Å²) in [5.41, 5.74) is 4.98. The maximum absolute atomic E-state index is 4.44. The Morgan fingerprint density at radius 3 is 2.80 bits per heavy atom. The van der Waals surface area contributed by atoms with Crippen molar-refractivity contribution in [2.75, 3.05) is 6.54 Å². The second-order valence-corrected chi connectivity index (χ2v) is 6.19. The van der Waals surface area contributed by atoms with Gasteiger partial charge in [0.1, 0.15) is 0 Å². The molecular weight excluding hydrogens is 361 g/mol. The van der Waals surface area contributed by atoms with Crippen molar-refractivity contribution in [1.82, 2.24) is 15.1 Å². The van der Waals surface area contributed by atoms with Crippen LogP contribution in [0.3, 0.4) is 0 Å². The van der Waals surface area contributed by atoms with Crippen molar-refractivity contribution < 1.29 is 0 Å². The molecule has 0 N–H and O–H groups in total. The van der Waals surface area contributed by atoms with Gasteiger partial charge in [-0.3, -0.25) is 4.90 Å². The summed E-state index contributed by atoms with van der Waals surface area (Å²) in [6, 6.07) is 12.9. The van der Waals surface area contributed by atoms with Crippen LogP contribution in [0.2, 0.25) is 0 Å². The minimum absolute atomic E-state index is 0.527. The molecule has 2 heterocycles. The van der Waals surface area contributed by atoms with Gasteiger partial charge in [-0.05, 0) is 23.1 Å². The zero-order chi connectivity index (χ0) is 13.9. The van der Waals surface area contributed by atoms with E-state index in [0.717, 1.165) is 35.4 Å². The monoisotopic (exact) mass is 379 g/mol. The summed E-state index contributed by atoms with van der Waals surface area (Å²) < 4.78 is 0.929. The number of nitrogens with zero attached hydrogens (tertiary/aromatic N) is 3. The third-order valence-electron chi connectivity index (χ3n) is 3.78. The second-order valence-electron chi connectivity index (χ2n) is 5.43. The van der Waals surface area contributed by atoms with E-state index in [-0.39, 0.29) is 0 Å². The number of hydrogen-bond acceptors (Lipinski definition) is 3. The zero-order valence-corrected chi connectivity index (χ0v) is 13.7. The second kappa shape index (κ2) is 6.18. The lowest BCUT2D eigenvalue weighted by Gasteiger charge is -2.32. The molecule has 0 radical (unpaired) electrons. The number of benzene rings is 1. The Morgan fingerprint density at radius 1 is 1.25 bits per heavy atom. The van der Waals surface area contributed by atoms with Crippen molar-refractivity contribution in [2.45, 2.75) is 30.4 Å². The highest BCUT2D eigenvalue weighted by atomic mass is 127. The molecule has 1 aliphatic heterocycles. The molecule has 0 aliphatic carbocycles. The number of hydrogen-bond donors (Lipinski definition) is 0.